The molecule has 7 nitrogen and oxygen atoms in total. The molecule has 0 bridgehead atoms. The Hall–Kier alpha value is -1.50. The lowest BCUT2D eigenvalue weighted by Crippen LogP contribution is -2.48. The van der Waals surface area contributed by atoms with Crippen molar-refractivity contribution in [1.29, 1.82) is 0 Å². The van der Waals surface area contributed by atoms with Crippen LogP contribution in [-0.2, 0) is 4.74 Å². The molecule has 3 N–H and O–H groups in total. The average molecular weight is 369 g/mol. The Labute approximate surface area is 157 Å². The molecule has 1 saturated heterocycles. The van der Waals surface area contributed by atoms with Gasteiger partial charge in [-0.15, -0.1) is 0 Å². The third-order valence-corrected chi connectivity index (χ3v) is 5.48. The van der Waals surface area contributed by atoms with E-state index in [0.717, 1.165) is 51.6 Å². The largest absolute Gasteiger partial charge is 0.385 e. The molecule has 7 heteroatoms. The van der Waals surface area contributed by atoms with Gasteiger partial charge in [-0.1, -0.05) is 19.3 Å². The van der Waals surface area contributed by atoms with E-state index in [1.54, 1.807) is 7.11 Å². The van der Waals surface area contributed by atoms with Crippen LogP contribution in [0.1, 0.15) is 57.8 Å². The van der Waals surface area contributed by atoms with E-state index in [9.17, 15) is 9.59 Å². The summed E-state index contributed by atoms with van der Waals surface area (Å²) in [5.41, 5.74) is 0. The molecule has 0 aromatic heterocycles. The molecule has 0 unspecified atom stereocenters. The zero-order valence-corrected chi connectivity index (χ0v) is 16.2. The van der Waals surface area contributed by atoms with Gasteiger partial charge in [-0.2, -0.15) is 0 Å². The maximum Gasteiger partial charge on any atom is 0.317 e. The second kappa shape index (κ2) is 12.0. The summed E-state index contributed by atoms with van der Waals surface area (Å²) in [5, 5.41) is 8.94. The molecule has 150 valence electrons. The van der Waals surface area contributed by atoms with Crippen LogP contribution in [0.15, 0.2) is 0 Å². The number of carbonyl (C=O) groups excluding carboxylic acids is 2. The van der Waals surface area contributed by atoms with Gasteiger partial charge in [-0.05, 0) is 44.4 Å². The third kappa shape index (κ3) is 7.81. The summed E-state index contributed by atoms with van der Waals surface area (Å²) in [6.45, 7) is 3.63. The summed E-state index contributed by atoms with van der Waals surface area (Å²) >= 11 is 0. The fourth-order valence-electron chi connectivity index (χ4n) is 3.81. The van der Waals surface area contributed by atoms with Gasteiger partial charge in [0.1, 0.15) is 0 Å². The summed E-state index contributed by atoms with van der Waals surface area (Å²) in [7, 11) is 1.66. The quantitative estimate of drug-likeness (QED) is 0.576. The lowest BCUT2D eigenvalue weighted by atomic mass is 9.93. The Kier molecular flexibility index (Phi) is 9.60. The van der Waals surface area contributed by atoms with E-state index in [0.29, 0.717) is 31.7 Å². The van der Waals surface area contributed by atoms with Gasteiger partial charge >= 0.3 is 12.1 Å². The molecule has 1 aliphatic carbocycles. The summed E-state index contributed by atoms with van der Waals surface area (Å²) < 4.78 is 4.95. The highest BCUT2D eigenvalue weighted by Gasteiger charge is 2.24. The number of urea groups is 2. The number of methoxy groups -OCH3 is 1. The summed E-state index contributed by atoms with van der Waals surface area (Å²) in [4.78, 5) is 26.0. The number of rotatable bonds is 8. The molecule has 0 radical (unpaired) electrons. The predicted molar refractivity (Wildman–Crippen MR) is 102 cm³/mol. The van der Waals surface area contributed by atoms with Crippen molar-refractivity contribution in [2.24, 2.45) is 5.92 Å². The maximum absolute atomic E-state index is 12.4. The molecule has 2 rings (SSSR count). The van der Waals surface area contributed by atoms with Crippen LogP contribution in [0.25, 0.3) is 0 Å². The molecule has 26 heavy (non-hydrogen) atoms. The van der Waals surface area contributed by atoms with Crippen LogP contribution < -0.4 is 16.0 Å². The van der Waals surface area contributed by atoms with Crippen molar-refractivity contribution in [2.75, 3.05) is 39.9 Å². The standard InChI is InChI=1S/C19H36N4O3/c1-26-15-5-11-20-18(24)21-12-8-16-9-13-23(14-10-16)19(25)22-17-6-3-2-4-7-17/h16-17H,2-15H2,1H3,(H,22,25)(H2,20,21,24). The molecular weight excluding hydrogens is 332 g/mol. The molecule has 0 spiro atoms. The van der Waals surface area contributed by atoms with Crippen molar-refractivity contribution < 1.29 is 14.3 Å². The van der Waals surface area contributed by atoms with Crippen molar-refractivity contribution >= 4 is 12.1 Å². The van der Waals surface area contributed by atoms with Crippen LogP contribution in [0.4, 0.5) is 9.59 Å². The highest BCUT2D eigenvalue weighted by Crippen LogP contribution is 2.21. The summed E-state index contributed by atoms with van der Waals surface area (Å²) in [6.07, 6.45) is 9.87. The van der Waals surface area contributed by atoms with Gasteiger partial charge in [0.2, 0.25) is 0 Å². The zero-order valence-electron chi connectivity index (χ0n) is 16.2. The van der Waals surface area contributed by atoms with E-state index >= 15 is 0 Å². The molecule has 1 aliphatic heterocycles. The lowest BCUT2D eigenvalue weighted by molar-refractivity contribution is 0.162. The predicted octanol–water partition coefficient (Wildman–Crippen LogP) is 2.47. The molecule has 1 heterocycles. The van der Waals surface area contributed by atoms with Crippen molar-refractivity contribution in [1.82, 2.24) is 20.9 Å². The van der Waals surface area contributed by atoms with E-state index in [1.165, 1.54) is 19.3 Å². The first-order chi connectivity index (χ1) is 12.7. The highest BCUT2D eigenvalue weighted by molar-refractivity contribution is 5.74. The Bertz CT molecular complexity index is 419. The Balaban J connectivity index is 1.52. The minimum absolute atomic E-state index is 0.106. The van der Waals surface area contributed by atoms with E-state index in [2.05, 4.69) is 16.0 Å². The zero-order chi connectivity index (χ0) is 18.6. The molecule has 2 aliphatic rings. The number of ether oxygens (including phenoxy) is 1. The third-order valence-electron chi connectivity index (χ3n) is 5.48. The molecule has 0 aromatic rings. The van der Waals surface area contributed by atoms with E-state index < -0.39 is 0 Å². The Morgan fingerprint density at radius 3 is 2.38 bits per heavy atom. The number of nitrogens with zero attached hydrogens (tertiary/aromatic N) is 1. The van der Waals surface area contributed by atoms with Gasteiger partial charge in [0, 0.05) is 45.9 Å². The lowest BCUT2D eigenvalue weighted by Gasteiger charge is -2.34. The van der Waals surface area contributed by atoms with Crippen LogP contribution in [-0.4, -0.2) is 62.9 Å². The van der Waals surface area contributed by atoms with Crippen LogP contribution in [0.2, 0.25) is 0 Å². The van der Waals surface area contributed by atoms with Gasteiger partial charge in [0.15, 0.2) is 0 Å². The van der Waals surface area contributed by atoms with Crippen molar-refractivity contribution in [3.63, 3.8) is 0 Å². The first-order valence-corrected chi connectivity index (χ1v) is 10.2. The van der Waals surface area contributed by atoms with Crippen LogP contribution in [0.5, 0.6) is 0 Å². The Morgan fingerprint density at radius 2 is 1.69 bits per heavy atom. The van der Waals surface area contributed by atoms with Crippen molar-refractivity contribution in [3.8, 4) is 0 Å². The number of hydrogen-bond donors (Lipinski definition) is 3. The monoisotopic (exact) mass is 368 g/mol. The molecular formula is C19H36N4O3. The maximum atomic E-state index is 12.4. The smallest absolute Gasteiger partial charge is 0.317 e. The van der Waals surface area contributed by atoms with Gasteiger partial charge in [0.25, 0.3) is 0 Å². The minimum Gasteiger partial charge on any atom is -0.385 e. The van der Waals surface area contributed by atoms with Crippen molar-refractivity contribution in [3.05, 3.63) is 0 Å². The number of carbonyl (C=O) groups is 2. The number of piperidine rings is 1. The second-order valence-electron chi connectivity index (χ2n) is 7.53. The topological polar surface area (TPSA) is 82.7 Å². The van der Waals surface area contributed by atoms with Gasteiger partial charge in [-0.25, -0.2) is 9.59 Å². The SMILES string of the molecule is COCCCNC(=O)NCCC1CCN(C(=O)NC2CCCCC2)CC1. The number of nitrogens with one attached hydrogen (secondary N) is 3. The Morgan fingerprint density at radius 1 is 1.00 bits per heavy atom. The fraction of sp³-hybridized carbons (Fsp3) is 0.895. The van der Waals surface area contributed by atoms with Gasteiger partial charge in [-0.3, -0.25) is 0 Å². The van der Waals surface area contributed by atoms with Gasteiger partial charge in [0.05, 0.1) is 0 Å². The van der Waals surface area contributed by atoms with E-state index in [-0.39, 0.29) is 12.1 Å². The summed E-state index contributed by atoms with van der Waals surface area (Å²) in [5.74, 6) is 0.586. The number of amides is 4. The van der Waals surface area contributed by atoms with Crippen LogP contribution in [0, 0.1) is 5.92 Å². The fourth-order valence-corrected chi connectivity index (χ4v) is 3.81. The van der Waals surface area contributed by atoms with Crippen LogP contribution >= 0.6 is 0 Å². The molecule has 2 fully saturated rings. The highest BCUT2D eigenvalue weighted by atomic mass is 16.5. The normalized spacial score (nSPS) is 19.2. The van der Waals surface area contributed by atoms with E-state index in [1.807, 2.05) is 4.90 Å². The van der Waals surface area contributed by atoms with Gasteiger partial charge < -0.3 is 25.6 Å². The molecule has 0 atom stereocenters. The summed E-state index contributed by atoms with van der Waals surface area (Å²) in [6, 6.07) is 0.384. The molecule has 0 aromatic carbocycles. The first kappa shape index (κ1) is 20.8. The average Bonchev–Trinajstić information content (AvgIpc) is 2.66. The molecule has 4 amide bonds. The van der Waals surface area contributed by atoms with E-state index in [4.69, 9.17) is 4.74 Å². The van der Waals surface area contributed by atoms with Crippen molar-refractivity contribution in [2.45, 2.75) is 63.8 Å². The molecule has 1 saturated carbocycles. The second-order valence-corrected chi connectivity index (χ2v) is 7.53. The first-order valence-electron chi connectivity index (χ1n) is 10.2. The number of likely N-dealkylation sites (tertiary alicyclic amines) is 1. The van der Waals surface area contributed by atoms with Crippen LogP contribution in [0.3, 0.4) is 0 Å². The number of hydrogen-bond acceptors (Lipinski definition) is 3. The minimum atomic E-state index is -0.106.